The Morgan fingerprint density at radius 1 is 1.47 bits per heavy atom. The Balaban J connectivity index is 1.92. The zero-order chi connectivity index (χ0) is 12.0. The molecular formula is C10H9ClFN5. The Hall–Kier alpha value is -1.69. The fourth-order valence-corrected chi connectivity index (χ4v) is 1.69. The van der Waals surface area contributed by atoms with Crippen LogP contribution in [0.3, 0.4) is 0 Å². The molecule has 2 N–H and O–H groups in total. The van der Waals surface area contributed by atoms with Crippen molar-refractivity contribution < 1.29 is 4.39 Å². The van der Waals surface area contributed by atoms with Gasteiger partial charge in [-0.1, -0.05) is 11.6 Å². The Labute approximate surface area is 101 Å². The van der Waals surface area contributed by atoms with Crippen LogP contribution in [0.25, 0.3) is 5.69 Å². The second-order valence-electron chi connectivity index (χ2n) is 4.00. The molecule has 0 aliphatic heterocycles. The quantitative estimate of drug-likeness (QED) is 0.828. The van der Waals surface area contributed by atoms with Gasteiger partial charge in [-0.05, 0) is 29.8 Å². The van der Waals surface area contributed by atoms with E-state index in [0.717, 1.165) is 0 Å². The van der Waals surface area contributed by atoms with Gasteiger partial charge >= 0.3 is 0 Å². The van der Waals surface area contributed by atoms with Gasteiger partial charge in [-0.3, -0.25) is 0 Å². The van der Waals surface area contributed by atoms with Crippen LogP contribution in [0.2, 0.25) is 5.02 Å². The number of aromatic nitrogens is 4. The molecule has 1 aliphatic rings. The lowest BCUT2D eigenvalue weighted by Gasteiger charge is -2.01. The summed E-state index contributed by atoms with van der Waals surface area (Å²) in [5, 5.41) is 12.3. The van der Waals surface area contributed by atoms with Gasteiger partial charge < -0.3 is 5.73 Å². The number of benzene rings is 1. The van der Waals surface area contributed by atoms with Gasteiger partial charge in [0.15, 0.2) is 5.82 Å². The van der Waals surface area contributed by atoms with Gasteiger partial charge in [-0.25, -0.2) is 4.39 Å². The Morgan fingerprint density at radius 2 is 2.24 bits per heavy atom. The summed E-state index contributed by atoms with van der Waals surface area (Å²) in [6.07, 6.45) is -0.350. The molecule has 0 unspecified atom stereocenters. The molecule has 0 bridgehead atoms. The summed E-state index contributed by atoms with van der Waals surface area (Å²) in [7, 11) is 0. The topological polar surface area (TPSA) is 69.6 Å². The molecular weight excluding hydrogens is 245 g/mol. The van der Waals surface area contributed by atoms with Crippen LogP contribution in [0.5, 0.6) is 0 Å². The lowest BCUT2D eigenvalue weighted by molar-refractivity contribution is 0.464. The normalized spacial score (nSPS) is 22.7. The first-order valence-corrected chi connectivity index (χ1v) is 5.52. The number of nitrogens with two attached hydrogens (primary N) is 1. The summed E-state index contributed by atoms with van der Waals surface area (Å²) in [6, 6.07) is 5.03. The molecule has 1 fully saturated rings. The highest BCUT2D eigenvalue weighted by Gasteiger charge is 2.42. The SMILES string of the molecule is Nc1cc(-n2nnc([C@H]3C[C@@H]3F)n2)ccc1Cl. The molecule has 0 amide bonds. The van der Waals surface area contributed by atoms with Gasteiger partial charge in [0.1, 0.15) is 6.17 Å². The summed E-state index contributed by atoms with van der Waals surface area (Å²) in [5.41, 5.74) is 6.77. The second kappa shape index (κ2) is 3.66. The van der Waals surface area contributed by atoms with Crippen molar-refractivity contribution in [1.29, 1.82) is 0 Å². The largest absolute Gasteiger partial charge is 0.397 e. The summed E-state index contributed by atoms with van der Waals surface area (Å²) in [5.74, 6) is 0.236. The van der Waals surface area contributed by atoms with E-state index in [1.165, 1.54) is 4.80 Å². The van der Waals surface area contributed by atoms with E-state index in [-0.39, 0.29) is 5.92 Å². The van der Waals surface area contributed by atoms with Crippen LogP contribution in [0.1, 0.15) is 18.2 Å². The smallest absolute Gasteiger partial charge is 0.181 e. The predicted octanol–water partition coefficient (Wildman–Crippen LogP) is 1.72. The lowest BCUT2D eigenvalue weighted by Crippen LogP contribution is -2.00. The number of nitrogen functional groups attached to an aromatic ring is 1. The maximum Gasteiger partial charge on any atom is 0.181 e. The first kappa shape index (κ1) is 10.5. The van der Waals surface area contributed by atoms with Crippen molar-refractivity contribution in [1.82, 2.24) is 20.2 Å². The number of alkyl halides is 1. The average molecular weight is 254 g/mol. The maximum atomic E-state index is 12.8. The molecule has 1 aliphatic carbocycles. The number of hydrogen-bond acceptors (Lipinski definition) is 4. The van der Waals surface area contributed by atoms with Crippen molar-refractivity contribution >= 4 is 17.3 Å². The van der Waals surface area contributed by atoms with E-state index in [0.29, 0.717) is 28.6 Å². The minimum absolute atomic E-state index is 0.201. The molecule has 1 aromatic heterocycles. The van der Waals surface area contributed by atoms with Crippen LogP contribution in [-0.2, 0) is 0 Å². The third-order valence-electron chi connectivity index (χ3n) is 2.68. The van der Waals surface area contributed by atoms with Crippen molar-refractivity contribution in [2.75, 3.05) is 5.73 Å². The lowest BCUT2D eigenvalue weighted by atomic mass is 10.3. The molecule has 0 radical (unpaired) electrons. The molecule has 2 atom stereocenters. The third-order valence-corrected chi connectivity index (χ3v) is 3.03. The minimum Gasteiger partial charge on any atom is -0.397 e. The van der Waals surface area contributed by atoms with E-state index in [1.807, 2.05) is 0 Å². The van der Waals surface area contributed by atoms with E-state index in [9.17, 15) is 4.39 Å². The van der Waals surface area contributed by atoms with Gasteiger partial charge in [0.05, 0.1) is 22.3 Å². The zero-order valence-electron chi connectivity index (χ0n) is 8.72. The highest BCUT2D eigenvalue weighted by Crippen LogP contribution is 2.41. The molecule has 0 spiro atoms. The number of nitrogens with zero attached hydrogens (tertiary/aromatic N) is 4. The van der Waals surface area contributed by atoms with Crippen molar-refractivity contribution in [3.05, 3.63) is 29.0 Å². The summed E-state index contributed by atoms with van der Waals surface area (Å²) >= 11 is 5.81. The average Bonchev–Trinajstić information content (AvgIpc) is 2.86. The Morgan fingerprint density at radius 3 is 2.88 bits per heavy atom. The molecule has 7 heteroatoms. The van der Waals surface area contributed by atoms with Gasteiger partial charge in [0.2, 0.25) is 0 Å². The number of rotatable bonds is 2. The summed E-state index contributed by atoms with van der Waals surface area (Å²) in [4.78, 5) is 1.33. The number of anilines is 1. The van der Waals surface area contributed by atoms with Crippen molar-refractivity contribution in [2.45, 2.75) is 18.5 Å². The molecule has 1 saturated carbocycles. The molecule has 88 valence electrons. The van der Waals surface area contributed by atoms with Gasteiger partial charge in [-0.15, -0.1) is 15.0 Å². The fourth-order valence-electron chi connectivity index (χ4n) is 1.57. The third kappa shape index (κ3) is 1.84. The standard InChI is InChI=1S/C10H9ClFN5/c11-7-2-1-5(3-9(7)13)17-15-10(14-16-17)6-4-8(6)12/h1-3,6,8H,4,13H2/t6-,8-/m0/s1. The summed E-state index contributed by atoms with van der Waals surface area (Å²) < 4.78 is 12.8. The van der Waals surface area contributed by atoms with Crippen molar-refractivity contribution in [2.24, 2.45) is 0 Å². The molecule has 1 heterocycles. The summed E-state index contributed by atoms with van der Waals surface area (Å²) in [6.45, 7) is 0. The number of halogens is 2. The molecule has 17 heavy (non-hydrogen) atoms. The van der Waals surface area contributed by atoms with E-state index in [2.05, 4.69) is 15.4 Å². The van der Waals surface area contributed by atoms with Gasteiger partial charge in [0.25, 0.3) is 0 Å². The van der Waals surface area contributed by atoms with Crippen molar-refractivity contribution in [3.8, 4) is 5.69 Å². The minimum atomic E-state index is -0.831. The van der Waals surface area contributed by atoms with Crippen LogP contribution in [0.15, 0.2) is 18.2 Å². The maximum absolute atomic E-state index is 12.8. The Kier molecular flexibility index (Phi) is 2.25. The molecule has 2 aromatic rings. The highest BCUT2D eigenvalue weighted by molar-refractivity contribution is 6.33. The van der Waals surface area contributed by atoms with Gasteiger partial charge in [0, 0.05) is 0 Å². The van der Waals surface area contributed by atoms with Crippen LogP contribution < -0.4 is 5.73 Å². The first-order chi connectivity index (χ1) is 8.15. The predicted molar refractivity (Wildman–Crippen MR) is 60.8 cm³/mol. The first-order valence-electron chi connectivity index (χ1n) is 5.14. The molecule has 0 saturated heterocycles. The Bertz CT molecular complexity index is 570. The van der Waals surface area contributed by atoms with Crippen LogP contribution in [0.4, 0.5) is 10.1 Å². The van der Waals surface area contributed by atoms with E-state index in [1.54, 1.807) is 18.2 Å². The zero-order valence-corrected chi connectivity index (χ0v) is 9.47. The van der Waals surface area contributed by atoms with E-state index >= 15 is 0 Å². The van der Waals surface area contributed by atoms with E-state index in [4.69, 9.17) is 17.3 Å². The number of tetrazole rings is 1. The van der Waals surface area contributed by atoms with Gasteiger partial charge in [-0.2, -0.15) is 0 Å². The van der Waals surface area contributed by atoms with Crippen LogP contribution in [0, 0.1) is 0 Å². The van der Waals surface area contributed by atoms with Crippen LogP contribution in [-0.4, -0.2) is 26.4 Å². The molecule has 3 rings (SSSR count). The second-order valence-corrected chi connectivity index (χ2v) is 4.41. The van der Waals surface area contributed by atoms with E-state index < -0.39 is 6.17 Å². The highest BCUT2D eigenvalue weighted by atomic mass is 35.5. The molecule has 1 aromatic carbocycles. The fraction of sp³-hybridized carbons (Fsp3) is 0.300. The van der Waals surface area contributed by atoms with Crippen LogP contribution >= 0.6 is 11.6 Å². The number of hydrogen-bond donors (Lipinski definition) is 1. The monoisotopic (exact) mass is 253 g/mol. The molecule has 5 nitrogen and oxygen atoms in total. The van der Waals surface area contributed by atoms with Crippen molar-refractivity contribution in [3.63, 3.8) is 0 Å².